The SMILES string of the molecule is CN(C)c1cccc(N2C(=O)C(C)(C)c3cc(C(=O)NC4(C)CCS(=O)(=O)CC4)ccc32)c1. The number of carbonyl (C=O) groups excluding carboxylic acids is 2. The number of carbonyl (C=O) groups is 2. The smallest absolute Gasteiger partial charge is 0.251 e. The molecular weight excluding hydrogens is 438 g/mol. The fourth-order valence-electron chi connectivity index (χ4n) is 4.50. The van der Waals surface area contributed by atoms with Crippen LogP contribution in [0.4, 0.5) is 17.1 Å². The van der Waals surface area contributed by atoms with E-state index in [9.17, 15) is 18.0 Å². The number of anilines is 3. The van der Waals surface area contributed by atoms with Crippen LogP contribution < -0.4 is 15.1 Å². The number of hydrogen-bond donors (Lipinski definition) is 1. The second-order valence-electron chi connectivity index (χ2n) is 10.1. The molecule has 0 radical (unpaired) electrons. The average Bonchev–Trinajstić information content (AvgIpc) is 2.96. The Labute approximate surface area is 195 Å². The predicted molar refractivity (Wildman–Crippen MR) is 131 cm³/mol. The molecule has 0 saturated carbocycles. The van der Waals surface area contributed by atoms with Crippen LogP contribution in [0.3, 0.4) is 0 Å². The molecule has 2 aromatic rings. The summed E-state index contributed by atoms with van der Waals surface area (Å²) >= 11 is 0. The van der Waals surface area contributed by atoms with Crippen molar-refractivity contribution in [2.45, 2.75) is 44.6 Å². The zero-order chi connectivity index (χ0) is 24.2. The van der Waals surface area contributed by atoms with Gasteiger partial charge in [-0.1, -0.05) is 6.07 Å². The van der Waals surface area contributed by atoms with Crippen LogP contribution in [0.15, 0.2) is 42.5 Å². The van der Waals surface area contributed by atoms with E-state index in [4.69, 9.17) is 0 Å². The first-order valence-corrected chi connectivity index (χ1v) is 12.9. The number of nitrogens with one attached hydrogen (secondary N) is 1. The third-order valence-corrected chi connectivity index (χ3v) is 8.51. The van der Waals surface area contributed by atoms with Crippen molar-refractivity contribution in [1.29, 1.82) is 0 Å². The molecule has 0 atom stereocenters. The molecule has 2 heterocycles. The maximum Gasteiger partial charge on any atom is 0.251 e. The lowest BCUT2D eigenvalue weighted by molar-refractivity contribution is -0.121. The molecule has 1 saturated heterocycles. The van der Waals surface area contributed by atoms with Crippen molar-refractivity contribution in [2.24, 2.45) is 0 Å². The van der Waals surface area contributed by atoms with Crippen molar-refractivity contribution in [2.75, 3.05) is 35.4 Å². The lowest BCUT2D eigenvalue weighted by Gasteiger charge is -2.34. The molecule has 1 N–H and O–H groups in total. The molecule has 8 heteroatoms. The van der Waals surface area contributed by atoms with E-state index in [0.717, 1.165) is 22.6 Å². The number of fused-ring (bicyclic) bond motifs is 1. The van der Waals surface area contributed by atoms with E-state index in [2.05, 4.69) is 5.32 Å². The van der Waals surface area contributed by atoms with Crippen LogP contribution in [-0.4, -0.2) is 51.4 Å². The van der Waals surface area contributed by atoms with Gasteiger partial charge in [0, 0.05) is 30.9 Å². The van der Waals surface area contributed by atoms with Gasteiger partial charge < -0.3 is 10.2 Å². The summed E-state index contributed by atoms with van der Waals surface area (Å²) < 4.78 is 23.6. The molecule has 33 heavy (non-hydrogen) atoms. The number of amides is 2. The van der Waals surface area contributed by atoms with Gasteiger partial charge in [0.25, 0.3) is 5.91 Å². The lowest BCUT2D eigenvalue weighted by atomic mass is 9.85. The highest BCUT2D eigenvalue weighted by atomic mass is 32.2. The minimum atomic E-state index is -3.02. The van der Waals surface area contributed by atoms with Crippen molar-refractivity contribution in [1.82, 2.24) is 5.32 Å². The Morgan fingerprint density at radius 1 is 1.03 bits per heavy atom. The van der Waals surface area contributed by atoms with Crippen LogP contribution in [0.2, 0.25) is 0 Å². The van der Waals surface area contributed by atoms with Gasteiger partial charge in [0.05, 0.1) is 28.3 Å². The number of nitrogens with zero attached hydrogens (tertiary/aromatic N) is 2. The Hall–Kier alpha value is -2.87. The third-order valence-electron chi connectivity index (χ3n) is 6.86. The summed E-state index contributed by atoms with van der Waals surface area (Å²) in [5.74, 6) is -0.140. The van der Waals surface area contributed by atoms with E-state index in [1.807, 2.05) is 70.1 Å². The van der Waals surface area contributed by atoms with Gasteiger partial charge in [-0.05, 0) is 75.6 Å². The zero-order valence-corrected chi connectivity index (χ0v) is 20.6. The van der Waals surface area contributed by atoms with E-state index < -0.39 is 20.8 Å². The predicted octanol–water partition coefficient (Wildman–Crippen LogP) is 3.41. The van der Waals surface area contributed by atoms with Crippen LogP contribution in [0.1, 0.15) is 49.5 Å². The first kappa shape index (κ1) is 23.3. The largest absolute Gasteiger partial charge is 0.378 e. The summed E-state index contributed by atoms with van der Waals surface area (Å²) in [6, 6.07) is 13.1. The van der Waals surface area contributed by atoms with Crippen LogP contribution in [0.5, 0.6) is 0 Å². The summed E-state index contributed by atoms with van der Waals surface area (Å²) in [4.78, 5) is 30.2. The molecule has 176 valence electrons. The molecule has 2 aliphatic heterocycles. The molecule has 0 unspecified atom stereocenters. The van der Waals surface area contributed by atoms with E-state index >= 15 is 0 Å². The third kappa shape index (κ3) is 4.24. The fourth-order valence-corrected chi connectivity index (χ4v) is 6.23. The number of sulfone groups is 1. The molecule has 0 aliphatic carbocycles. The molecule has 2 aliphatic rings. The molecule has 4 rings (SSSR count). The topological polar surface area (TPSA) is 86.8 Å². The molecule has 2 amide bonds. The Bertz CT molecular complexity index is 1220. The maximum absolute atomic E-state index is 13.4. The Morgan fingerprint density at radius 3 is 2.33 bits per heavy atom. The summed E-state index contributed by atoms with van der Waals surface area (Å²) in [5, 5.41) is 3.03. The quantitative estimate of drug-likeness (QED) is 0.742. The normalized spacial score (nSPS) is 20.3. The molecule has 0 aromatic heterocycles. The van der Waals surface area contributed by atoms with Gasteiger partial charge in [-0.2, -0.15) is 0 Å². The highest BCUT2D eigenvalue weighted by Crippen LogP contribution is 2.46. The van der Waals surface area contributed by atoms with Crippen molar-refractivity contribution in [3.05, 3.63) is 53.6 Å². The first-order valence-electron chi connectivity index (χ1n) is 11.1. The van der Waals surface area contributed by atoms with Gasteiger partial charge in [0.15, 0.2) is 0 Å². The van der Waals surface area contributed by atoms with Crippen molar-refractivity contribution >= 4 is 38.7 Å². The maximum atomic E-state index is 13.4. The zero-order valence-electron chi connectivity index (χ0n) is 19.8. The van der Waals surface area contributed by atoms with E-state index in [-0.39, 0.29) is 23.3 Å². The van der Waals surface area contributed by atoms with Gasteiger partial charge >= 0.3 is 0 Å². The van der Waals surface area contributed by atoms with Crippen molar-refractivity contribution in [3.63, 3.8) is 0 Å². The van der Waals surface area contributed by atoms with Gasteiger partial charge in [-0.15, -0.1) is 0 Å². The second-order valence-corrected chi connectivity index (χ2v) is 12.4. The van der Waals surface area contributed by atoms with Crippen LogP contribution >= 0.6 is 0 Å². The average molecular weight is 470 g/mol. The van der Waals surface area contributed by atoms with E-state index in [1.165, 1.54) is 0 Å². The minimum Gasteiger partial charge on any atom is -0.378 e. The monoisotopic (exact) mass is 469 g/mol. The summed E-state index contributed by atoms with van der Waals surface area (Å²) in [6.07, 6.45) is 0.790. The van der Waals surface area contributed by atoms with Gasteiger partial charge in [-0.3, -0.25) is 14.5 Å². The Morgan fingerprint density at radius 2 is 1.70 bits per heavy atom. The summed E-state index contributed by atoms with van der Waals surface area (Å²) in [7, 11) is 0.886. The van der Waals surface area contributed by atoms with Crippen LogP contribution in [-0.2, 0) is 20.0 Å². The summed E-state index contributed by atoms with van der Waals surface area (Å²) in [5.41, 5.74) is 2.46. The molecule has 2 aromatic carbocycles. The minimum absolute atomic E-state index is 0.0459. The molecule has 7 nitrogen and oxygen atoms in total. The number of benzene rings is 2. The molecule has 0 bridgehead atoms. The van der Waals surface area contributed by atoms with Crippen molar-refractivity contribution in [3.8, 4) is 0 Å². The lowest BCUT2D eigenvalue weighted by Crippen LogP contribution is -2.50. The van der Waals surface area contributed by atoms with E-state index in [0.29, 0.717) is 18.4 Å². The summed E-state index contributed by atoms with van der Waals surface area (Å²) in [6.45, 7) is 5.64. The molecule has 0 spiro atoms. The molecular formula is C25H31N3O4S. The first-order chi connectivity index (χ1) is 15.3. The second kappa shape index (κ2) is 7.87. The van der Waals surface area contributed by atoms with Gasteiger partial charge in [0.2, 0.25) is 5.91 Å². The molecule has 1 fully saturated rings. The Balaban J connectivity index is 1.65. The van der Waals surface area contributed by atoms with Crippen LogP contribution in [0, 0.1) is 0 Å². The van der Waals surface area contributed by atoms with Gasteiger partial charge in [-0.25, -0.2) is 8.42 Å². The highest BCUT2D eigenvalue weighted by molar-refractivity contribution is 7.91. The Kier molecular flexibility index (Phi) is 5.55. The fraction of sp³-hybridized carbons (Fsp3) is 0.440. The van der Waals surface area contributed by atoms with E-state index in [1.54, 1.807) is 17.0 Å². The van der Waals surface area contributed by atoms with Gasteiger partial charge in [0.1, 0.15) is 9.84 Å². The number of rotatable bonds is 4. The highest BCUT2D eigenvalue weighted by Gasteiger charge is 2.45. The number of hydrogen-bond acceptors (Lipinski definition) is 5. The standard InChI is InChI=1S/C25H31N3O4S/c1-24(2)20-15-17(22(29)26-25(3)11-13-33(31,32)14-12-25)9-10-21(20)28(23(24)30)19-8-6-7-18(16-19)27(4)5/h6-10,15-16H,11-14H2,1-5H3,(H,26,29). The van der Waals surface area contributed by atoms with Crippen molar-refractivity contribution < 1.29 is 18.0 Å². The van der Waals surface area contributed by atoms with Crippen LogP contribution in [0.25, 0.3) is 0 Å².